The topological polar surface area (TPSA) is 74.7 Å². The maximum atomic E-state index is 13.7. The van der Waals surface area contributed by atoms with Crippen molar-refractivity contribution in [2.24, 2.45) is 0 Å². The van der Waals surface area contributed by atoms with Gasteiger partial charge < -0.3 is 5.11 Å². The van der Waals surface area contributed by atoms with Crippen LogP contribution in [0.4, 0.5) is 8.78 Å². The summed E-state index contributed by atoms with van der Waals surface area (Å²) in [5.74, 6) is -3.05. The summed E-state index contributed by atoms with van der Waals surface area (Å²) >= 11 is 0. The van der Waals surface area contributed by atoms with Gasteiger partial charge in [0.1, 0.15) is 11.6 Å². The summed E-state index contributed by atoms with van der Waals surface area (Å²) in [5.41, 5.74) is -0.0193. The van der Waals surface area contributed by atoms with Gasteiger partial charge in [0.2, 0.25) is 10.0 Å². The van der Waals surface area contributed by atoms with Crippen LogP contribution in [0.2, 0.25) is 0 Å². The fraction of sp³-hybridized carbons (Fsp3) is 0.188. The van der Waals surface area contributed by atoms with E-state index in [0.717, 1.165) is 22.5 Å². The lowest BCUT2D eigenvalue weighted by Gasteiger charge is -2.38. The Bertz CT molecular complexity index is 908. The lowest BCUT2D eigenvalue weighted by Crippen LogP contribution is -2.48. The summed E-state index contributed by atoms with van der Waals surface area (Å²) in [7, 11) is -4.03. The average molecular weight is 353 g/mol. The zero-order valence-corrected chi connectivity index (χ0v) is 13.1. The molecule has 2 aromatic carbocycles. The minimum atomic E-state index is -4.03. The molecular formula is C16H13F2NO4S. The van der Waals surface area contributed by atoms with Gasteiger partial charge in [-0.2, -0.15) is 4.31 Å². The molecule has 0 aliphatic carbocycles. The molecule has 0 radical (unpaired) electrons. The van der Waals surface area contributed by atoms with Gasteiger partial charge in [-0.3, -0.25) is 0 Å². The summed E-state index contributed by atoms with van der Waals surface area (Å²) in [4.78, 5) is 10.5. The molecule has 0 amide bonds. The van der Waals surface area contributed by atoms with Crippen LogP contribution in [0.1, 0.15) is 21.8 Å². The second-order valence-corrected chi connectivity index (χ2v) is 7.46. The fourth-order valence-electron chi connectivity index (χ4n) is 2.62. The van der Waals surface area contributed by atoms with Gasteiger partial charge in [-0.15, -0.1) is 0 Å². The van der Waals surface area contributed by atoms with E-state index in [1.165, 1.54) is 6.07 Å². The number of benzene rings is 2. The number of sulfonamides is 1. The molecule has 1 aliphatic rings. The van der Waals surface area contributed by atoms with Crippen LogP contribution in [0.25, 0.3) is 0 Å². The number of aromatic carboxylic acids is 1. The van der Waals surface area contributed by atoms with Crippen LogP contribution in [-0.2, 0) is 10.0 Å². The third-order valence-electron chi connectivity index (χ3n) is 3.95. The Kier molecular flexibility index (Phi) is 4.10. The molecule has 8 heteroatoms. The van der Waals surface area contributed by atoms with E-state index >= 15 is 0 Å². The van der Waals surface area contributed by atoms with E-state index in [4.69, 9.17) is 5.11 Å². The van der Waals surface area contributed by atoms with Crippen LogP contribution in [0, 0.1) is 11.6 Å². The number of halogens is 2. The summed E-state index contributed by atoms with van der Waals surface area (Å²) in [6.45, 7) is 0.115. The van der Waals surface area contributed by atoms with Crippen LogP contribution >= 0.6 is 0 Å². The molecule has 2 aromatic rings. The molecule has 1 heterocycles. The Morgan fingerprint density at radius 2 is 1.79 bits per heavy atom. The van der Waals surface area contributed by atoms with Crippen molar-refractivity contribution < 1.29 is 27.1 Å². The highest BCUT2D eigenvalue weighted by atomic mass is 32.2. The lowest BCUT2D eigenvalue weighted by atomic mass is 9.93. The van der Waals surface area contributed by atoms with Crippen molar-refractivity contribution in [3.05, 3.63) is 65.2 Å². The minimum Gasteiger partial charge on any atom is -0.478 e. The number of hydrogen-bond acceptors (Lipinski definition) is 3. The maximum Gasteiger partial charge on any atom is 0.335 e. The van der Waals surface area contributed by atoms with Crippen molar-refractivity contribution in [1.29, 1.82) is 0 Å². The molecule has 0 unspecified atom stereocenters. The Balaban J connectivity index is 1.84. The molecule has 1 N–H and O–H groups in total. The average Bonchev–Trinajstić information content (AvgIpc) is 2.46. The number of carbonyl (C=O) groups is 1. The standard InChI is InChI=1S/C16H13F2NO4S/c17-12-5-10(16(20)21)6-13(7-12)24(22,23)19-8-11(9-19)14-3-1-2-4-15(14)18/h1-7,11H,8-9H2,(H,20,21). The SMILES string of the molecule is O=C(O)c1cc(F)cc(S(=O)(=O)N2CC(c3ccccc3F)C2)c1. The quantitative estimate of drug-likeness (QED) is 0.916. The molecule has 0 aromatic heterocycles. The largest absolute Gasteiger partial charge is 0.478 e. The van der Waals surface area contributed by atoms with Crippen LogP contribution in [0.3, 0.4) is 0 Å². The third kappa shape index (κ3) is 2.90. The first-order valence-electron chi connectivity index (χ1n) is 7.07. The smallest absolute Gasteiger partial charge is 0.335 e. The molecule has 24 heavy (non-hydrogen) atoms. The van der Waals surface area contributed by atoms with Gasteiger partial charge in [0.15, 0.2) is 0 Å². The van der Waals surface area contributed by atoms with Crippen molar-refractivity contribution in [1.82, 2.24) is 4.31 Å². The highest BCUT2D eigenvalue weighted by molar-refractivity contribution is 7.89. The summed E-state index contributed by atoms with van der Waals surface area (Å²) in [6.07, 6.45) is 0. The van der Waals surface area contributed by atoms with Gasteiger partial charge in [0, 0.05) is 19.0 Å². The molecule has 126 valence electrons. The van der Waals surface area contributed by atoms with Crippen molar-refractivity contribution in [2.45, 2.75) is 10.8 Å². The van der Waals surface area contributed by atoms with Crippen LogP contribution in [0.5, 0.6) is 0 Å². The van der Waals surface area contributed by atoms with Crippen molar-refractivity contribution in [3.8, 4) is 0 Å². The highest BCUT2D eigenvalue weighted by Crippen LogP contribution is 2.33. The maximum absolute atomic E-state index is 13.7. The molecule has 5 nitrogen and oxygen atoms in total. The molecule has 0 bridgehead atoms. The van der Waals surface area contributed by atoms with Gasteiger partial charge in [-0.1, -0.05) is 18.2 Å². The van der Waals surface area contributed by atoms with Crippen LogP contribution in [0.15, 0.2) is 47.4 Å². The van der Waals surface area contributed by atoms with Crippen molar-refractivity contribution in [2.75, 3.05) is 13.1 Å². The molecule has 0 saturated carbocycles. The molecule has 1 aliphatic heterocycles. The van der Waals surface area contributed by atoms with E-state index < -0.39 is 38.1 Å². The van der Waals surface area contributed by atoms with E-state index in [1.807, 2.05) is 0 Å². The zero-order chi connectivity index (χ0) is 17.5. The van der Waals surface area contributed by atoms with E-state index in [-0.39, 0.29) is 19.0 Å². The van der Waals surface area contributed by atoms with Gasteiger partial charge >= 0.3 is 5.97 Å². The fourth-order valence-corrected chi connectivity index (χ4v) is 4.21. The van der Waals surface area contributed by atoms with E-state index in [9.17, 15) is 22.0 Å². The van der Waals surface area contributed by atoms with Crippen molar-refractivity contribution in [3.63, 3.8) is 0 Å². The first-order valence-corrected chi connectivity index (χ1v) is 8.51. The number of hydrogen-bond donors (Lipinski definition) is 1. The number of rotatable bonds is 4. The van der Waals surface area contributed by atoms with Crippen LogP contribution < -0.4 is 0 Å². The third-order valence-corrected chi connectivity index (χ3v) is 5.76. The molecule has 1 saturated heterocycles. The van der Waals surface area contributed by atoms with E-state index in [0.29, 0.717) is 5.56 Å². The van der Waals surface area contributed by atoms with Gasteiger partial charge in [0.25, 0.3) is 0 Å². The van der Waals surface area contributed by atoms with Crippen LogP contribution in [-0.4, -0.2) is 36.9 Å². The zero-order valence-electron chi connectivity index (χ0n) is 12.3. The Labute approximate surface area is 137 Å². The first-order chi connectivity index (χ1) is 11.3. The van der Waals surface area contributed by atoms with E-state index in [1.54, 1.807) is 18.2 Å². The van der Waals surface area contributed by atoms with E-state index in [2.05, 4.69) is 0 Å². The molecule has 3 rings (SSSR count). The molecular weight excluding hydrogens is 340 g/mol. The number of carboxylic acid groups (broad SMARTS) is 1. The predicted octanol–water partition coefficient (Wildman–Crippen LogP) is 2.45. The Hall–Kier alpha value is -2.32. The molecule has 1 fully saturated rings. The number of nitrogens with zero attached hydrogens (tertiary/aromatic N) is 1. The second kappa shape index (κ2) is 5.95. The molecule has 0 atom stereocenters. The first kappa shape index (κ1) is 16.5. The lowest BCUT2D eigenvalue weighted by molar-refractivity contribution is 0.0696. The Morgan fingerprint density at radius 3 is 2.42 bits per heavy atom. The molecule has 0 spiro atoms. The van der Waals surface area contributed by atoms with Gasteiger partial charge in [-0.05, 0) is 29.8 Å². The van der Waals surface area contributed by atoms with Gasteiger partial charge in [-0.25, -0.2) is 22.0 Å². The summed E-state index contributed by atoms with van der Waals surface area (Å²) in [5, 5.41) is 8.91. The predicted molar refractivity (Wildman–Crippen MR) is 81.3 cm³/mol. The Morgan fingerprint density at radius 1 is 1.12 bits per heavy atom. The summed E-state index contributed by atoms with van der Waals surface area (Å²) < 4.78 is 53.2. The summed E-state index contributed by atoms with van der Waals surface area (Å²) in [6, 6.07) is 8.55. The monoisotopic (exact) mass is 353 g/mol. The van der Waals surface area contributed by atoms with Crippen molar-refractivity contribution >= 4 is 16.0 Å². The van der Waals surface area contributed by atoms with Gasteiger partial charge in [0.05, 0.1) is 10.5 Å². The number of carboxylic acids is 1. The minimum absolute atomic E-state index is 0.0577. The normalized spacial score (nSPS) is 15.9. The highest BCUT2D eigenvalue weighted by Gasteiger charge is 2.38. The second-order valence-electron chi connectivity index (χ2n) is 5.52.